The van der Waals surface area contributed by atoms with Crippen molar-refractivity contribution in [2.75, 3.05) is 0 Å². The van der Waals surface area contributed by atoms with Gasteiger partial charge in [0.2, 0.25) is 5.15 Å². The molecule has 6 nitrogen and oxygen atoms in total. The van der Waals surface area contributed by atoms with E-state index in [0.717, 1.165) is 11.1 Å². The highest BCUT2D eigenvalue weighted by atomic mass is 35.5. The Bertz CT molecular complexity index is 704. The topological polar surface area (TPSA) is 85.1 Å². The first-order valence-corrected chi connectivity index (χ1v) is 6.49. The summed E-state index contributed by atoms with van der Waals surface area (Å²) in [6.07, 6.45) is 1.26. The second-order valence-electron chi connectivity index (χ2n) is 4.43. The molecule has 7 heteroatoms. The van der Waals surface area contributed by atoms with Gasteiger partial charge in [0.05, 0.1) is 4.92 Å². The second kappa shape index (κ2) is 6.32. The van der Waals surface area contributed by atoms with Crippen LogP contribution in [0.1, 0.15) is 21.5 Å². The maximum absolute atomic E-state index is 12.1. The van der Waals surface area contributed by atoms with E-state index in [1.807, 2.05) is 31.2 Å². The molecular formula is C14H12ClN3O3. The summed E-state index contributed by atoms with van der Waals surface area (Å²) in [7, 11) is 0. The van der Waals surface area contributed by atoms with Crippen LogP contribution in [0.15, 0.2) is 36.5 Å². The fourth-order valence-corrected chi connectivity index (χ4v) is 2.11. The molecule has 0 bridgehead atoms. The summed E-state index contributed by atoms with van der Waals surface area (Å²) < 4.78 is 0. The minimum atomic E-state index is -0.711. The Morgan fingerprint density at radius 1 is 1.43 bits per heavy atom. The van der Waals surface area contributed by atoms with Crippen molar-refractivity contribution < 1.29 is 9.72 Å². The normalized spacial score (nSPS) is 10.2. The number of carbonyl (C=O) groups is 1. The van der Waals surface area contributed by atoms with Gasteiger partial charge in [-0.3, -0.25) is 14.9 Å². The van der Waals surface area contributed by atoms with E-state index in [2.05, 4.69) is 10.3 Å². The first-order chi connectivity index (χ1) is 9.99. The van der Waals surface area contributed by atoms with Crippen LogP contribution in [0.2, 0.25) is 5.15 Å². The molecule has 0 radical (unpaired) electrons. The SMILES string of the molecule is Cc1cccc(CNC(=O)c2ccnc(Cl)c2[N+](=O)[O-])c1. The highest BCUT2D eigenvalue weighted by Crippen LogP contribution is 2.25. The number of aromatic nitrogens is 1. The first-order valence-electron chi connectivity index (χ1n) is 6.11. The number of rotatable bonds is 4. The third-order valence-corrected chi connectivity index (χ3v) is 3.12. The van der Waals surface area contributed by atoms with Gasteiger partial charge in [0.15, 0.2) is 0 Å². The molecule has 21 heavy (non-hydrogen) atoms. The zero-order valence-electron chi connectivity index (χ0n) is 11.2. The number of hydrogen-bond acceptors (Lipinski definition) is 4. The third-order valence-electron chi connectivity index (χ3n) is 2.84. The molecule has 0 saturated heterocycles. The summed E-state index contributed by atoms with van der Waals surface area (Å²) in [5.41, 5.74) is 1.39. The summed E-state index contributed by atoms with van der Waals surface area (Å²) >= 11 is 5.67. The number of amides is 1. The number of carbonyl (C=O) groups excluding carboxylic acids is 1. The van der Waals surface area contributed by atoms with Gasteiger partial charge in [-0.05, 0) is 18.6 Å². The fraction of sp³-hybridized carbons (Fsp3) is 0.143. The largest absolute Gasteiger partial charge is 0.348 e. The molecule has 1 aromatic heterocycles. The number of pyridine rings is 1. The number of nitro groups is 1. The Labute approximate surface area is 125 Å². The van der Waals surface area contributed by atoms with E-state index in [1.165, 1.54) is 12.3 Å². The van der Waals surface area contributed by atoms with Crippen LogP contribution in [0.4, 0.5) is 5.69 Å². The van der Waals surface area contributed by atoms with Crippen LogP contribution in [-0.4, -0.2) is 15.8 Å². The van der Waals surface area contributed by atoms with Gasteiger partial charge in [0, 0.05) is 12.7 Å². The number of benzene rings is 1. The van der Waals surface area contributed by atoms with Crippen molar-refractivity contribution in [3.8, 4) is 0 Å². The predicted molar refractivity (Wildman–Crippen MR) is 78.3 cm³/mol. The maximum atomic E-state index is 12.1. The zero-order chi connectivity index (χ0) is 15.4. The molecule has 0 aliphatic heterocycles. The Morgan fingerprint density at radius 2 is 2.19 bits per heavy atom. The van der Waals surface area contributed by atoms with Crippen molar-refractivity contribution in [1.29, 1.82) is 0 Å². The standard InChI is InChI=1S/C14H12ClN3O3/c1-9-3-2-4-10(7-9)8-17-14(19)11-5-6-16-13(15)12(11)18(20)21/h2-7H,8H2,1H3,(H,17,19). The number of hydrogen-bond donors (Lipinski definition) is 1. The quantitative estimate of drug-likeness (QED) is 0.534. The van der Waals surface area contributed by atoms with Crippen LogP contribution in [-0.2, 0) is 6.54 Å². The van der Waals surface area contributed by atoms with E-state index in [9.17, 15) is 14.9 Å². The van der Waals surface area contributed by atoms with Crippen LogP contribution in [0.25, 0.3) is 0 Å². The second-order valence-corrected chi connectivity index (χ2v) is 4.78. The molecule has 1 heterocycles. The smallest absolute Gasteiger partial charge is 0.319 e. The lowest BCUT2D eigenvalue weighted by atomic mass is 10.1. The average Bonchev–Trinajstić information content (AvgIpc) is 2.44. The van der Waals surface area contributed by atoms with E-state index in [-0.39, 0.29) is 17.3 Å². The number of aryl methyl sites for hydroxylation is 1. The van der Waals surface area contributed by atoms with Crippen molar-refractivity contribution in [2.24, 2.45) is 0 Å². The summed E-state index contributed by atoms with van der Waals surface area (Å²) in [4.78, 5) is 26.0. The maximum Gasteiger partial charge on any atom is 0.319 e. The summed E-state index contributed by atoms with van der Waals surface area (Å²) in [5, 5.41) is 13.3. The van der Waals surface area contributed by atoms with Crippen LogP contribution >= 0.6 is 11.6 Å². The summed E-state index contributed by atoms with van der Waals surface area (Å²) in [6, 6.07) is 8.88. The van der Waals surface area contributed by atoms with Gasteiger partial charge in [-0.15, -0.1) is 0 Å². The van der Waals surface area contributed by atoms with Gasteiger partial charge < -0.3 is 5.32 Å². The van der Waals surface area contributed by atoms with Crippen molar-refractivity contribution in [3.63, 3.8) is 0 Å². The van der Waals surface area contributed by atoms with E-state index in [1.54, 1.807) is 0 Å². The van der Waals surface area contributed by atoms with Crippen molar-refractivity contribution in [3.05, 3.63) is 68.5 Å². The lowest BCUT2D eigenvalue weighted by Crippen LogP contribution is -2.24. The van der Waals surface area contributed by atoms with Crippen LogP contribution < -0.4 is 5.32 Å². The van der Waals surface area contributed by atoms with E-state index < -0.39 is 16.5 Å². The molecule has 0 spiro atoms. The number of nitrogens with zero attached hydrogens (tertiary/aromatic N) is 2. The molecule has 0 unspecified atom stereocenters. The van der Waals surface area contributed by atoms with Gasteiger partial charge in [-0.1, -0.05) is 41.4 Å². The van der Waals surface area contributed by atoms with Crippen molar-refractivity contribution in [2.45, 2.75) is 13.5 Å². The first kappa shape index (κ1) is 14.9. The molecule has 1 amide bonds. The Morgan fingerprint density at radius 3 is 2.86 bits per heavy atom. The minimum absolute atomic E-state index is 0.104. The molecule has 0 saturated carbocycles. The van der Waals surface area contributed by atoms with Gasteiger partial charge in [-0.25, -0.2) is 4.98 Å². The molecule has 0 aliphatic rings. The van der Waals surface area contributed by atoms with Gasteiger partial charge in [0.1, 0.15) is 5.56 Å². The highest BCUT2D eigenvalue weighted by molar-refractivity contribution is 6.32. The van der Waals surface area contributed by atoms with Gasteiger partial charge in [-0.2, -0.15) is 0 Å². The Balaban J connectivity index is 2.18. The van der Waals surface area contributed by atoms with E-state index in [0.29, 0.717) is 0 Å². The molecule has 108 valence electrons. The van der Waals surface area contributed by atoms with Crippen LogP contribution in [0, 0.1) is 17.0 Å². The van der Waals surface area contributed by atoms with Crippen molar-refractivity contribution >= 4 is 23.2 Å². The third kappa shape index (κ3) is 3.55. The molecule has 2 rings (SSSR count). The minimum Gasteiger partial charge on any atom is -0.348 e. The Hall–Kier alpha value is -2.47. The van der Waals surface area contributed by atoms with Crippen molar-refractivity contribution in [1.82, 2.24) is 10.3 Å². The van der Waals surface area contributed by atoms with E-state index >= 15 is 0 Å². The zero-order valence-corrected chi connectivity index (χ0v) is 11.9. The lowest BCUT2D eigenvalue weighted by molar-refractivity contribution is -0.385. The molecule has 0 fully saturated rings. The molecule has 0 atom stereocenters. The van der Waals surface area contributed by atoms with E-state index in [4.69, 9.17) is 11.6 Å². The molecular weight excluding hydrogens is 294 g/mol. The fourth-order valence-electron chi connectivity index (χ4n) is 1.89. The summed E-state index contributed by atoms with van der Waals surface area (Å²) in [6.45, 7) is 2.22. The Kier molecular flexibility index (Phi) is 4.49. The lowest BCUT2D eigenvalue weighted by Gasteiger charge is -2.07. The monoisotopic (exact) mass is 305 g/mol. The van der Waals surface area contributed by atoms with Gasteiger partial charge in [0.25, 0.3) is 5.91 Å². The molecule has 1 aromatic carbocycles. The van der Waals surface area contributed by atoms with Crippen LogP contribution in [0.3, 0.4) is 0 Å². The summed E-state index contributed by atoms with van der Waals surface area (Å²) in [5.74, 6) is -0.562. The predicted octanol–water partition coefficient (Wildman–Crippen LogP) is 2.88. The molecule has 0 aliphatic carbocycles. The van der Waals surface area contributed by atoms with Gasteiger partial charge >= 0.3 is 5.69 Å². The number of halogens is 1. The van der Waals surface area contributed by atoms with Crippen LogP contribution in [0.5, 0.6) is 0 Å². The molecule has 2 aromatic rings. The number of nitrogens with one attached hydrogen (secondary N) is 1. The molecule has 1 N–H and O–H groups in total. The average molecular weight is 306 g/mol. The highest BCUT2D eigenvalue weighted by Gasteiger charge is 2.24.